The van der Waals surface area contributed by atoms with Gasteiger partial charge in [-0.15, -0.1) is 0 Å². The number of hydrogen-bond acceptors (Lipinski definition) is 2. The minimum Gasteiger partial charge on any atom is -0.322 e. The molecule has 0 unspecified atom stereocenters. The van der Waals surface area contributed by atoms with Gasteiger partial charge >= 0.3 is 0 Å². The van der Waals surface area contributed by atoms with Crippen molar-refractivity contribution < 1.29 is 4.79 Å². The fourth-order valence-electron chi connectivity index (χ4n) is 2.92. The van der Waals surface area contributed by atoms with Crippen molar-refractivity contribution in [3.8, 4) is 0 Å². The number of benzene rings is 2. The molecule has 26 heavy (non-hydrogen) atoms. The van der Waals surface area contributed by atoms with Crippen molar-refractivity contribution in [1.82, 2.24) is 9.78 Å². The second-order valence-electron chi connectivity index (χ2n) is 6.21. The van der Waals surface area contributed by atoms with Crippen molar-refractivity contribution in [2.75, 3.05) is 5.32 Å². The molecule has 0 saturated carbocycles. The van der Waals surface area contributed by atoms with Crippen LogP contribution in [0.4, 0.5) is 5.69 Å². The number of carbonyl (C=O) groups is 1. The second-order valence-corrected chi connectivity index (χ2v) is 7.53. The Hall–Kier alpha value is -2.11. The molecule has 0 spiro atoms. The molecule has 0 radical (unpaired) electrons. The monoisotopic (exact) mass is 431 g/mol. The summed E-state index contributed by atoms with van der Waals surface area (Å²) in [5.74, 6) is -0.157. The number of aryl methyl sites for hydroxylation is 2. The van der Waals surface area contributed by atoms with Crippen LogP contribution in [-0.4, -0.2) is 15.7 Å². The van der Waals surface area contributed by atoms with Crippen LogP contribution in [-0.2, 0) is 6.54 Å². The predicted octanol–water partition coefficient (Wildman–Crippen LogP) is 5.52. The zero-order valence-corrected chi connectivity index (χ0v) is 17.1. The van der Waals surface area contributed by atoms with Gasteiger partial charge in [0.25, 0.3) is 5.91 Å². The highest BCUT2D eigenvalue weighted by Crippen LogP contribution is 2.23. The van der Waals surface area contributed by atoms with Crippen LogP contribution in [0.3, 0.4) is 0 Å². The fraction of sp³-hybridized carbons (Fsp3) is 0.200. The molecule has 4 nitrogen and oxygen atoms in total. The summed E-state index contributed by atoms with van der Waals surface area (Å²) < 4.78 is 2.80. The van der Waals surface area contributed by atoms with Gasteiger partial charge in [-0.05, 0) is 56.2 Å². The van der Waals surface area contributed by atoms with Crippen LogP contribution < -0.4 is 5.32 Å². The highest BCUT2D eigenvalue weighted by Gasteiger charge is 2.19. The molecule has 6 heteroatoms. The summed E-state index contributed by atoms with van der Waals surface area (Å²) in [6, 6.07) is 13.4. The summed E-state index contributed by atoms with van der Waals surface area (Å²) in [7, 11) is 0. The number of aromatic nitrogens is 2. The summed E-state index contributed by atoms with van der Waals surface area (Å²) in [5.41, 5.74) is 4.86. The first-order valence-electron chi connectivity index (χ1n) is 8.21. The molecule has 1 amide bonds. The van der Waals surface area contributed by atoms with E-state index in [9.17, 15) is 4.79 Å². The maximum absolute atomic E-state index is 12.8. The van der Waals surface area contributed by atoms with E-state index in [2.05, 4.69) is 26.3 Å². The third-order valence-electron chi connectivity index (χ3n) is 4.32. The molecule has 0 aliphatic heterocycles. The van der Waals surface area contributed by atoms with Crippen LogP contribution in [0, 0.1) is 20.8 Å². The first-order chi connectivity index (χ1) is 12.4. The van der Waals surface area contributed by atoms with Gasteiger partial charge in [-0.25, -0.2) is 0 Å². The molecule has 1 aromatic heterocycles. The Morgan fingerprint density at radius 1 is 1.19 bits per heavy atom. The third-order valence-corrected chi connectivity index (χ3v) is 5.19. The number of nitrogens with one attached hydrogen (secondary N) is 1. The Kier molecular flexibility index (Phi) is 5.49. The smallest absolute Gasteiger partial charge is 0.259 e. The Labute approximate surface area is 166 Å². The molecule has 2 aromatic carbocycles. The van der Waals surface area contributed by atoms with Gasteiger partial charge in [-0.3, -0.25) is 9.48 Å². The molecular weight excluding hydrogens is 414 g/mol. The van der Waals surface area contributed by atoms with Crippen LogP contribution in [0.25, 0.3) is 0 Å². The van der Waals surface area contributed by atoms with Gasteiger partial charge < -0.3 is 5.32 Å². The topological polar surface area (TPSA) is 46.9 Å². The van der Waals surface area contributed by atoms with E-state index >= 15 is 0 Å². The molecule has 0 aliphatic rings. The fourth-order valence-corrected chi connectivity index (χ4v) is 3.59. The van der Waals surface area contributed by atoms with E-state index in [0.29, 0.717) is 22.8 Å². The lowest BCUT2D eigenvalue weighted by molar-refractivity contribution is 0.102. The highest BCUT2D eigenvalue weighted by molar-refractivity contribution is 9.10. The van der Waals surface area contributed by atoms with E-state index in [4.69, 9.17) is 11.6 Å². The van der Waals surface area contributed by atoms with E-state index in [1.807, 2.05) is 67.9 Å². The summed E-state index contributed by atoms with van der Waals surface area (Å²) in [6.45, 7) is 6.23. The molecular formula is C20H19BrClN3O. The number of nitrogens with zero attached hydrogens (tertiary/aromatic N) is 2. The van der Waals surface area contributed by atoms with Crippen molar-refractivity contribution in [2.24, 2.45) is 0 Å². The highest BCUT2D eigenvalue weighted by atomic mass is 79.9. The minimum absolute atomic E-state index is 0.157. The summed E-state index contributed by atoms with van der Waals surface area (Å²) in [5, 5.41) is 8.21. The lowest BCUT2D eigenvalue weighted by atomic mass is 10.1. The van der Waals surface area contributed by atoms with Crippen molar-refractivity contribution in [2.45, 2.75) is 27.3 Å². The summed E-state index contributed by atoms with van der Waals surface area (Å²) in [4.78, 5) is 12.8. The largest absolute Gasteiger partial charge is 0.322 e. The molecule has 1 N–H and O–H groups in total. The van der Waals surface area contributed by atoms with E-state index in [-0.39, 0.29) is 5.91 Å². The molecule has 0 bridgehead atoms. The van der Waals surface area contributed by atoms with Crippen molar-refractivity contribution >= 4 is 39.1 Å². The predicted molar refractivity (Wildman–Crippen MR) is 109 cm³/mol. The summed E-state index contributed by atoms with van der Waals surface area (Å²) in [6.07, 6.45) is 0. The normalized spacial score (nSPS) is 10.8. The Morgan fingerprint density at radius 2 is 1.92 bits per heavy atom. The number of amides is 1. The molecule has 3 aromatic rings. The lowest BCUT2D eigenvalue weighted by Crippen LogP contribution is -2.15. The van der Waals surface area contributed by atoms with Gasteiger partial charge in [-0.1, -0.05) is 45.7 Å². The standard InChI is InChI=1S/C20H19BrClN3O/c1-12-10-16(21)8-9-18(12)23-20(26)19-13(2)24-25(14(19)3)11-15-6-4-5-7-17(15)22/h4-10H,11H2,1-3H3,(H,23,26). The minimum atomic E-state index is -0.157. The van der Waals surface area contributed by atoms with E-state index in [1.165, 1.54) is 0 Å². The zero-order chi connectivity index (χ0) is 18.8. The zero-order valence-electron chi connectivity index (χ0n) is 14.8. The molecule has 0 atom stereocenters. The van der Waals surface area contributed by atoms with Crippen LogP contribution in [0.2, 0.25) is 5.02 Å². The second kappa shape index (κ2) is 7.64. The van der Waals surface area contributed by atoms with E-state index in [0.717, 1.165) is 27.0 Å². The van der Waals surface area contributed by atoms with Crippen LogP contribution in [0.1, 0.15) is 32.9 Å². The molecule has 1 heterocycles. The average Bonchev–Trinajstić information content (AvgIpc) is 2.86. The van der Waals surface area contributed by atoms with Crippen LogP contribution in [0.5, 0.6) is 0 Å². The number of halogens is 2. The first kappa shape index (κ1) is 18.7. The van der Waals surface area contributed by atoms with Crippen molar-refractivity contribution in [3.05, 3.63) is 80.0 Å². The molecule has 0 fully saturated rings. The van der Waals surface area contributed by atoms with Crippen LogP contribution >= 0.6 is 27.5 Å². The average molecular weight is 433 g/mol. The van der Waals surface area contributed by atoms with Crippen molar-refractivity contribution in [3.63, 3.8) is 0 Å². The molecule has 0 aliphatic carbocycles. The van der Waals surface area contributed by atoms with Gasteiger partial charge in [0, 0.05) is 20.9 Å². The Morgan fingerprint density at radius 3 is 2.62 bits per heavy atom. The van der Waals surface area contributed by atoms with Gasteiger partial charge in [0.05, 0.1) is 17.8 Å². The molecule has 134 valence electrons. The number of anilines is 1. The molecule has 0 saturated heterocycles. The van der Waals surface area contributed by atoms with Crippen molar-refractivity contribution in [1.29, 1.82) is 0 Å². The maximum Gasteiger partial charge on any atom is 0.259 e. The van der Waals surface area contributed by atoms with E-state index in [1.54, 1.807) is 0 Å². The quantitative estimate of drug-likeness (QED) is 0.589. The number of hydrogen-bond donors (Lipinski definition) is 1. The Balaban J connectivity index is 1.87. The van der Waals surface area contributed by atoms with Gasteiger partial charge in [0.15, 0.2) is 0 Å². The van der Waals surface area contributed by atoms with Gasteiger partial charge in [0.2, 0.25) is 0 Å². The Bertz CT molecular complexity index is 981. The SMILES string of the molecule is Cc1cc(Br)ccc1NC(=O)c1c(C)nn(Cc2ccccc2Cl)c1C. The van der Waals surface area contributed by atoms with Gasteiger partial charge in [0.1, 0.15) is 0 Å². The van der Waals surface area contributed by atoms with E-state index < -0.39 is 0 Å². The van der Waals surface area contributed by atoms with Gasteiger partial charge in [-0.2, -0.15) is 5.10 Å². The lowest BCUT2D eigenvalue weighted by Gasteiger charge is -2.10. The molecule has 3 rings (SSSR count). The third kappa shape index (κ3) is 3.84. The summed E-state index contributed by atoms with van der Waals surface area (Å²) >= 11 is 9.68. The number of rotatable bonds is 4. The maximum atomic E-state index is 12.8. The van der Waals surface area contributed by atoms with Crippen LogP contribution in [0.15, 0.2) is 46.9 Å². The first-order valence-corrected chi connectivity index (χ1v) is 9.39. The number of carbonyl (C=O) groups excluding carboxylic acids is 1.